The van der Waals surface area contributed by atoms with E-state index in [-0.39, 0.29) is 23.8 Å². The summed E-state index contributed by atoms with van der Waals surface area (Å²) in [6.07, 6.45) is 5.23. The van der Waals surface area contributed by atoms with Gasteiger partial charge in [-0.2, -0.15) is 0 Å². The van der Waals surface area contributed by atoms with Gasteiger partial charge in [0.25, 0.3) is 0 Å². The molecule has 0 aliphatic carbocycles. The van der Waals surface area contributed by atoms with Crippen LogP contribution in [0.15, 0.2) is 0 Å². The predicted molar refractivity (Wildman–Crippen MR) is 93.5 cm³/mol. The van der Waals surface area contributed by atoms with Crippen molar-refractivity contribution in [2.75, 3.05) is 46.3 Å². The molecule has 3 aliphatic heterocycles. The number of hydrogen-bond acceptors (Lipinski definition) is 4. The highest BCUT2D eigenvalue weighted by Gasteiger charge is 2.42. The Morgan fingerprint density at radius 2 is 1.92 bits per heavy atom. The van der Waals surface area contributed by atoms with Gasteiger partial charge in [0.2, 0.25) is 17.7 Å². The summed E-state index contributed by atoms with van der Waals surface area (Å²) in [5, 5.41) is 0. The number of nitrogens with zero attached hydrogens (tertiary/aromatic N) is 3. The van der Waals surface area contributed by atoms with E-state index in [1.807, 2.05) is 4.90 Å². The molecule has 7 nitrogen and oxygen atoms in total. The van der Waals surface area contributed by atoms with Crippen LogP contribution in [0.5, 0.6) is 0 Å². The summed E-state index contributed by atoms with van der Waals surface area (Å²) >= 11 is 0. The fraction of sp³-hybridized carbons (Fsp3) is 0.833. The molecule has 0 bridgehead atoms. The van der Waals surface area contributed by atoms with E-state index in [0.29, 0.717) is 18.9 Å². The van der Waals surface area contributed by atoms with Crippen LogP contribution in [0.4, 0.5) is 0 Å². The molecule has 3 aliphatic rings. The van der Waals surface area contributed by atoms with Crippen LogP contribution in [0.25, 0.3) is 0 Å². The number of hydrogen-bond donors (Lipinski definition) is 1. The highest BCUT2D eigenvalue weighted by Crippen LogP contribution is 2.40. The van der Waals surface area contributed by atoms with E-state index >= 15 is 0 Å². The highest BCUT2D eigenvalue weighted by molar-refractivity contribution is 5.84. The van der Waals surface area contributed by atoms with Crippen molar-refractivity contribution in [3.05, 3.63) is 0 Å². The molecule has 0 radical (unpaired) electrons. The normalized spacial score (nSPS) is 27.6. The molecule has 3 saturated heterocycles. The standard InChI is InChI=1S/C18H30N4O3/c1-20-8-2-3-14(11-20)17(25)21-9-6-18(7-10-21)5-4-16(24)22(13-18)12-15(19)23/h14H,2-13H2,1H3,(H2,19,23). The third kappa shape index (κ3) is 4.14. The molecule has 0 aromatic heterocycles. The molecule has 3 fully saturated rings. The zero-order valence-corrected chi connectivity index (χ0v) is 15.2. The summed E-state index contributed by atoms with van der Waals surface area (Å²) in [5.41, 5.74) is 5.31. The average molecular weight is 350 g/mol. The largest absolute Gasteiger partial charge is 0.368 e. The first-order chi connectivity index (χ1) is 11.9. The van der Waals surface area contributed by atoms with Crippen LogP contribution in [-0.4, -0.2) is 78.7 Å². The lowest BCUT2D eigenvalue weighted by Crippen LogP contribution is -2.55. The van der Waals surface area contributed by atoms with Gasteiger partial charge in [0.15, 0.2) is 0 Å². The molecule has 1 unspecified atom stereocenters. The van der Waals surface area contributed by atoms with Gasteiger partial charge in [-0.05, 0) is 51.1 Å². The first-order valence-electron chi connectivity index (χ1n) is 9.42. The van der Waals surface area contributed by atoms with Crippen LogP contribution < -0.4 is 5.73 Å². The topological polar surface area (TPSA) is 87.0 Å². The summed E-state index contributed by atoms with van der Waals surface area (Å²) in [5.74, 6) is -0.0121. The number of carbonyl (C=O) groups is 3. The van der Waals surface area contributed by atoms with E-state index in [9.17, 15) is 14.4 Å². The second-order valence-electron chi connectivity index (χ2n) is 8.14. The second kappa shape index (κ2) is 7.32. The Labute approximate surface area is 149 Å². The molecule has 0 saturated carbocycles. The molecule has 1 spiro atoms. The summed E-state index contributed by atoms with van der Waals surface area (Å²) in [6, 6.07) is 0. The lowest BCUT2D eigenvalue weighted by atomic mass is 9.72. The highest BCUT2D eigenvalue weighted by atomic mass is 16.2. The van der Waals surface area contributed by atoms with E-state index < -0.39 is 5.91 Å². The molecule has 140 valence electrons. The van der Waals surface area contributed by atoms with Crippen molar-refractivity contribution >= 4 is 17.7 Å². The molecule has 3 heterocycles. The van der Waals surface area contributed by atoms with Gasteiger partial charge >= 0.3 is 0 Å². The van der Waals surface area contributed by atoms with Gasteiger partial charge in [0, 0.05) is 32.6 Å². The minimum atomic E-state index is -0.459. The average Bonchev–Trinajstić information content (AvgIpc) is 2.58. The van der Waals surface area contributed by atoms with Crippen molar-refractivity contribution in [1.82, 2.24) is 14.7 Å². The molecule has 25 heavy (non-hydrogen) atoms. The van der Waals surface area contributed by atoms with Crippen LogP contribution in [-0.2, 0) is 14.4 Å². The minimum Gasteiger partial charge on any atom is -0.368 e. The number of carbonyl (C=O) groups excluding carboxylic acids is 3. The van der Waals surface area contributed by atoms with Crippen LogP contribution in [0.3, 0.4) is 0 Å². The monoisotopic (exact) mass is 350 g/mol. The Kier molecular flexibility index (Phi) is 5.32. The van der Waals surface area contributed by atoms with E-state index in [2.05, 4.69) is 11.9 Å². The fourth-order valence-corrected chi connectivity index (χ4v) is 4.67. The minimum absolute atomic E-state index is 0.0115. The van der Waals surface area contributed by atoms with Crippen LogP contribution >= 0.6 is 0 Å². The summed E-state index contributed by atoms with van der Waals surface area (Å²) < 4.78 is 0. The zero-order valence-electron chi connectivity index (χ0n) is 15.2. The van der Waals surface area contributed by atoms with E-state index in [1.165, 1.54) is 0 Å². The molecular formula is C18H30N4O3. The number of primary amides is 1. The lowest BCUT2D eigenvalue weighted by Gasteiger charge is -2.47. The molecule has 1 atom stereocenters. The van der Waals surface area contributed by atoms with E-state index in [4.69, 9.17) is 5.73 Å². The number of piperidine rings is 3. The molecular weight excluding hydrogens is 320 g/mol. The molecule has 2 N–H and O–H groups in total. The summed E-state index contributed by atoms with van der Waals surface area (Å²) in [7, 11) is 2.08. The predicted octanol–water partition coefficient (Wildman–Crippen LogP) is 0.0447. The Balaban J connectivity index is 1.56. The molecule has 3 rings (SSSR count). The van der Waals surface area contributed by atoms with Gasteiger partial charge < -0.3 is 20.4 Å². The van der Waals surface area contributed by atoms with Gasteiger partial charge in [-0.25, -0.2) is 0 Å². The SMILES string of the molecule is CN1CCCC(C(=O)N2CCC3(CCC(=O)N(CC(N)=O)C3)CC2)C1. The first-order valence-corrected chi connectivity index (χ1v) is 9.42. The van der Waals surface area contributed by atoms with E-state index in [1.54, 1.807) is 4.90 Å². The van der Waals surface area contributed by atoms with Gasteiger partial charge in [-0.1, -0.05) is 0 Å². The van der Waals surface area contributed by atoms with Gasteiger partial charge in [-0.15, -0.1) is 0 Å². The molecule has 7 heteroatoms. The maximum Gasteiger partial charge on any atom is 0.237 e. The second-order valence-corrected chi connectivity index (χ2v) is 8.14. The Morgan fingerprint density at radius 1 is 1.20 bits per heavy atom. The third-order valence-electron chi connectivity index (χ3n) is 6.20. The van der Waals surface area contributed by atoms with Gasteiger partial charge in [0.1, 0.15) is 0 Å². The smallest absolute Gasteiger partial charge is 0.237 e. The zero-order chi connectivity index (χ0) is 18.0. The number of likely N-dealkylation sites (tertiary alicyclic amines) is 3. The van der Waals surface area contributed by atoms with Crippen LogP contribution in [0.2, 0.25) is 0 Å². The maximum atomic E-state index is 12.8. The van der Waals surface area contributed by atoms with Crippen molar-refractivity contribution < 1.29 is 14.4 Å². The lowest BCUT2D eigenvalue weighted by molar-refractivity contribution is -0.146. The van der Waals surface area contributed by atoms with E-state index in [0.717, 1.165) is 58.3 Å². The number of rotatable bonds is 3. The van der Waals surface area contributed by atoms with Crippen molar-refractivity contribution in [2.45, 2.75) is 38.5 Å². The van der Waals surface area contributed by atoms with Crippen molar-refractivity contribution in [2.24, 2.45) is 17.1 Å². The first kappa shape index (κ1) is 18.2. The summed E-state index contributed by atoms with van der Waals surface area (Å²) in [4.78, 5) is 41.9. The number of amides is 3. The Morgan fingerprint density at radius 3 is 2.56 bits per heavy atom. The maximum absolute atomic E-state index is 12.8. The summed E-state index contributed by atoms with van der Waals surface area (Å²) in [6.45, 7) is 4.08. The Hall–Kier alpha value is -1.63. The fourth-order valence-electron chi connectivity index (χ4n) is 4.67. The Bertz CT molecular complexity index is 542. The van der Waals surface area contributed by atoms with Crippen LogP contribution in [0, 0.1) is 11.3 Å². The van der Waals surface area contributed by atoms with Crippen molar-refractivity contribution in [3.63, 3.8) is 0 Å². The molecule has 0 aromatic rings. The van der Waals surface area contributed by atoms with Gasteiger partial charge in [0.05, 0.1) is 12.5 Å². The molecule has 0 aromatic carbocycles. The van der Waals surface area contributed by atoms with Crippen LogP contribution in [0.1, 0.15) is 38.5 Å². The molecule has 3 amide bonds. The third-order valence-corrected chi connectivity index (χ3v) is 6.20. The number of nitrogens with two attached hydrogens (primary N) is 1. The van der Waals surface area contributed by atoms with Crippen molar-refractivity contribution in [3.8, 4) is 0 Å². The quantitative estimate of drug-likeness (QED) is 0.779. The van der Waals surface area contributed by atoms with Gasteiger partial charge in [-0.3, -0.25) is 14.4 Å². The van der Waals surface area contributed by atoms with Crippen molar-refractivity contribution in [1.29, 1.82) is 0 Å².